The Morgan fingerprint density at radius 3 is 3.15 bits per heavy atom. The summed E-state index contributed by atoms with van der Waals surface area (Å²) in [4.78, 5) is 2.53. The van der Waals surface area contributed by atoms with Gasteiger partial charge < -0.3 is 10.1 Å². The number of rotatable bonds is 6. The summed E-state index contributed by atoms with van der Waals surface area (Å²) in [6.45, 7) is 5.91. The highest BCUT2D eigenvalue weighted by Gasteiger charge is 2.20. The van der Waals surface area contributed by atoms with Crippen molar-refractivity contribution >= 4 is 16.6 Å². The lowest BCUT2D eigenvalue weighted by atomic mass is 10.0. The van der Waals surface area contributed by atoms with Crippen molar-refractivity contribution in [3.05, 3.63) is 54.2 Å². The lowest BCUT2D eigenvalue weighted by molar-refractivity contribution is 0.208. The molecular weight excluding hydrogens is 324 g/mol. The van der Waals surface area contributed by atoms with Crippen LogP contribution >= 0.6 is 0 Å². The number of aromatic nitrogens is 2. The van der Waals surface area contributed by atoms with Crippen LogP contribution in [0.1, 0.15) is 25.3 Å². The lowest BCUT2D eigenvalue weighted by Crippen LogP contribution is -2.41. The van der Waals surface area contributed by atoms with Gasteiger partial charge in [-0.15, -0.1) is 0 Å². The summed E-state index contributed by atoms with van der Waals surface area (Å²) in [5, 5.41) is 11.9. The van der Waals surface area contributed by atoms with Crippen LogP contribution in [0.3, 0.4) is 0 Å². The molecule has 2 aromatic carbocycles. The van der Waals surface area contributed by atoms with Gasteiger partial charge in [-0.1, -0.05) is 12.1 Å². The van der Waals surface area contributed by atoms with E-state index < -0.39 is 0 Å². The van der Waals surface area contributed by atoms with E-state index in [1.165, 1.54) is 24.1 Å². The van der Waals surface area contributed by atoms with Crippen molar-refractivity contribution in [3.63, 3.8) is 0 Å². The Labute approximate surface area is 154 Å². The van der Waals surface area contributed by atoms with Crippen LogP contribution in [0, 0.1) is 0 Å². The Morgan fingerprint density at radius 1 is 1.27 bits per heavy atom. The minimum atomic E-state index is 0.475. The van der Waals surface area contributed by atoms with E-state index in [0.29, 0.717) is 12.6 Å². The number of likely N-dealkylation sites (tertiary alicyclic amines) is 1. The van der Waals surface area contributed by atoms with Gasteiger partial charge in [-0.3, -0.25) is 10.00 Å². The Morgan fingerprint density at radius 2 is 2.23 bits per heavy atom. The number of H-pyrrole nitrogens is 1. The molecule has 4 rings (SSSR count). The molecule has 1 aliphatic heterocycles. The number of benzene rings is 2. The van der Waals surface area contributed by atoms with Gasteiger partial charge in [0.25, 0.3) is 0 Å². The number of aromatic amines is 1. The summed E-state index contributed by atoms with van der Waals surface area (Å²) in [5.41, 5.74) is 3.57. The van der Waals surface area contributed by atoms with Crippen molar-refractivity contribution in [1.29, 1.82) is 0 Å². The highest BCUT2D eigenvalue weighted by atomic mass is 16.5. The molecule has 5 nitrogen and oxygen atoms in total. The first-order valence-corrected chi connectivity index (χ1v) is 9.44. The van der Waals surface area contributed by atoms with Gasteiger partial charge >= 0.3 is 0 Å². The zero-order valence-electron chi connectivity index (χ0n) is 15.2. The van der Waals surface area contributed by atoms with Crippen LogP contribution in [0.2, 0.25) is 0 Å². The third-order valence-electron chi connectivity index (χ3n) is 4.93. The number of ether oxygens (including phenoxy) is 1. The second kappa shape index (κ2) is 7.79. The quantitative estimate of drug-likeness (QED) is 0.704. The van der Waals surface area contributed by atoms with Gasteiger partial charge in [0.15, 0.2) is 0 Å². The summed E-state index contributed by atoms with van der Waals surface area (Å²) < 4.78 is 5.63. The Bertz CT molecular complexity index is 860. The predicted octanol–water partition coefficient (Wildman–Crippen LogP) is 4.04. The average molecular weight is 350 g/mol. The molecule has 136 valence electrons. The number of hydrogen-bond donors (Lipinski definition) is 2. The molecule has 0 bridgehead atoms. The third kappa shape index (κ3) is 3.99. The van der Waals surface area contributed by atoms with E-state index in [-0.39, 0.29) is 0 Å². The van der Waals surface area contributed by atoms with Crippen molar-refractivity contribution in [3.8, 4) is 5.75 Å². The van der Waals surface area contributed by atoms with Crippen molar-refractivity contribution in [2.45, 2.75) is 32.4 Å². The summed E-state index contributed by atoms with van der Waals surface area (Å²) in [5.74, 6) is 0.963. The van der Waals surface area contributed by atoms with Gasteiger partial charge in [0.2, 0.25) is 0 Å². The smallest absolute Gasteiger partial charge is 0.119 e. The first-order chi connectivity index (χ1) is 12.8. The Kier molecular flexibility index (Phi) is 5.07. The SMILES string of the molecule is CCOc1cccc(CN2CCC[C@H](Nc3ccc4[nH]ncc4c3)C2)c1. The topological polar surface area (TPSA) is 53.2 Å². The number of anilines is 1. The van der Waals surface area contributed by atoms with Crippen LogP contribution in [0.5, 0.6) is 5.75 Å². The Balaban J connectivity index is 1.38. The number of piperidine rings is 1. The molecule has 0 radical (unpaired) electrons. The molecule has 0 spiro atoms. The molecule has 0 unspecified atom stereocenters. The first kappa shape index (κ1) is 16.9. The molecule has 1 saturated heterocycles. The van der Waals surface area contributed by atoms with Crippen LogP contribution in [0.15, 0.2) is 48.7 Å². The molecule has 2 N–H and O–H groups in total. The zero-order chi connectivity index (χ0) is 17.8. The number of nitrogens with zero attached hydrogens (tertiary/aromatic N) is 2. The van der Waals surface area contributed by atoms with Crippen LogP contribution < -0.4 is 10.1 Å². The maximum Gasteiger partial charge on any atom is 0.119 e. The predicted molar refractivity (Wildman–Crippen MR) is 106 cm³/mol. The van der Waals surface area contributed by atoms with Crippen LogP contribution in [0.25, 0.3) is 10.9 Å². The lowest BCUT2D eigenvalue weighted by Gasteiger charge is -2.33. The van der Waals surface area contributed by atoms with Gasteiger partial charge in [-0.05, 0) is 62.2 Å². The molecular formula is C21H26N4O. The standard InChI is InChI=1S/C21H26N4O/c1-2-26-20-7-3-5-16(11-20)14-25-10-4-6-19(15-25)23-18-8-9-21-17(12-18)13-22-24-21/h3,5,7-9,11-13,19,23H,2,4,6,10,14-15H2,1H3,(H,22,24)/t19-/m0/s1. The van der Waals surface area contributed by atoms with E-state index in [9.17, 15) is 0 Å². The minimum absolute atomic E-state index is 0.475. The third-order valence-corrected chi connectivity index (χ3v) is 4.93. The molecule has 0 saturated carbocycles. The maximum atomic E-state index is 5.63. The first-order valence-electron chi connectivity index (χ1n) is 9.44. The second-order valence-electron chi connectivity index (χ2n) is 6.97. The molecule has 2 heterocycles. The molecule has 0 amide bonds. The van der Waals surface area contributed by atoms with Gasteiger partial charge in [-0.25, -0.2) is 0 Å². The zero-order valence-corrected chi connectivity index (χ0v) is 15.2. The highest BCUT2D eigenvalue weighted by Crippen LogP contribution is 2.22. The fraction of sp³-hybridized carbons (Fsp3) is 0.381. The molecule has 1 atom stereocenters. The molecule has 26 heavy (non-hydrogen) atoms. The van der Waals surface area contributed by atoms with Gasteiger partial charge in [0.05, 0.1) is 18.3 Å². The summed E-state index contributed by atoms with van der Waals surface area (Å²) >= 11 is 0. The normalized spacial score (nSPS) is 18.1. The maximum absolute atomic E-state index is 5.63. The monoisotopic (exact) mass is 350 g/mol. The summed E-state index contributed by atoms with van der Waals surface area (Å²) in [6.07, 6.45) is 4.30. The fourth-order valence-electron chi connectivity index (χ4n) is 3.74. The van der Waals surface area contributed by atoms with Crippen LogP contribution in [-0.4, -0.2) is 40.8 Å². The minimum Gasteiger partial charge on any atom is -0.494 e. The average Bonchev–Trinajstić information content (AvgIpc) is 3.10. The molecule has 1 fully saturated rings. The van der Waals surface area contributed by atoms with Crippen LogP contribution in [-0.2, 0) is 6.54 Å². The van der Waals surface area contributed by atoms with Gasteiger partial charge in [-0.2, -0.15) is 5.10 Å². The molecule has 3 aromatic rings. The molecule has 1 aromatic heterocycles. The number of hydrogen-bond acceptors (Lipinski definition) is 4. The molecule has 5 heteroatoms. The van der Waals surface area contributed by atoms with Crippen molar-refractivity contribution in [1.82, 2.24) is 15.1 Å². The molecule has 1 aliphatic rings. The summed E-state index contributed by atoms with van der Waals surface area (Å²) in [7, 11) is 0. The van der Waals surface area contributed by atoms with Crippen molar-refractivity contribution in [2.75, 3.05) is 25.0 Å². The van der Waals surface area contributed by atoms with E-state index in [4.69, 9.17) is 4.74 Å². The number of nitrogens with one attached hydrogen (secondary N) is 2. The van der Waals surface area contributed by atoms with E-state index in [1.54, 1.807) is 0 Å². The summed E-state index contributed by atoms with van der Waals surface area (Å²) in [6, 6.07) is 15.3. The highest BCUT2D eigenvalue weighted by molar-refractivity contribution is 5.81. The van der Waals surface area contributed by atoms with Gasteiger partial charge in [0.1, 0.15) is 5.75 Å². The Hall–Kier alpha value is -2.53. The molecule has 0 aliphatic carbocycles. The van der Waals surface area contributed by atoms with Crippen molar-refractivity contribution in [2.24, 2.45) is 0 Å². The van der Waals surface area contributed by atoms with Crippen molar-refractivity contribution < 1.29 is 4.74 Å². The van der Waals surface area contributed by atoms with E-state index in [1.807, 2.05) is 19.2 Å². The van der Waals surface area contributed by atoms with Gasteiger partial charge in [0, 0.05) is 30.2 Å². The second-order valence-corrected chi connectivity index (χ2v) is 6.97. The van der Waals surface area contributed by atoms with Crippen LogP contribution in [0.4, 0.5) is 5.69 Å². The fourth-order valence-corrected chi connectivity index (χ4v) is 3.74. The van der Waals surface area contributed by atoms with E-state index in [0.717, 1.165) is 36.3 Å². The van der Waals surface area contributed by atoms with E-state index in [2.05, 4.69) is 56.8 Å². The largest absolute Gasteiger partial charge is 0.494 e. The van der Waals surface area contributed by atoms with E-state index >= 15 is 0 Å². The number of fused-ring (bicyclic) bond motifs is 1.